The number of nitrogens with one attached hydrogen (secondary N) is 2. The van der Waals surface area contributed by atoms with E-state index in [9.17, 15) is 4.79 Å². The highest BCUT2D eigenvalue weighted by Crippen LogP contribution is 2.15. The lowest BCUT2D eigenvalue weighted by Crippen LogP contribution is -2.14. The highest BCUT2D eigenvalue weighted by molar-refractivity contribution is 5.94. The molecule has 0 atom stereocenters. The molecule has 0 radical (unpaired) electrons. The van der Waals surface area contributed by atoms with Crippen molar-refractivity contribution in [1.29, 1.82) is 0 Å². The first-order chi connectivity index (χ1) is 9.31. The van der Waals surface area contributed by atoms with Gasteiger partial charge in [-0.3, -0.25) is 9.78 Å². The molecule has 0 bridgehead atoms. The van der Waals surface area contributed by atoms with E-state index in [4.69, 9.17) is 0 Å². The maximum atomic E-state index is 11.9. The molecule has 0 saturated heterocycles. The Morgan fingerprint density at radius 1 is 1.21 bits per heavy atom. The van der Waals surface area contributed by atoms with Crippen molar-refractivity contribution in [2.75, 3.05) is 5.32 Å². The van der Waals surface area contributed by atoms with E-state index < -0.39 is 0 Å². The van der Waals surface area contributed by atoms with Crippen LogP contribution in [0.15, 0.2) is 49.1 Å². The molecule has 5 nitrogen and oxygen atoms in total. The number of pyridine rings is 1. The van der Waals surface area contributed by atoms with Crippen LogP contribution in [-0.2, 0) is 11.2 Å². The van der Waals surface area contributed by atoms with Gasteiger partial charge in [-0.05, 0) is 35.9 Å². The smallest absolute Gasteiger partial charge is 0.228 e. The molecule has 3 rings (SSSR count). The molecule has 2 aromatic heterocycles. The Balaban J connectivity index is 1.72. The summed E-state index contributed by atoms with van der Waals surface area (Å²) in [4.78, 5) is 23.0. The molecule has 1 aromatic carbocycles. The first kappa shape index (κ1) is 11.4. The quantitative estimate of drug-likeness (QED) is 0.750. The van der Waals surface area contributed by atoms with E-state index in [0.717, 1.165) is 22.3 Å². The number of hydrogen-bond donors (Lipinski definition) is 2. The summed E-state index contributed by atoms with van der Waals surface area (Å²) in [7, 11) is 0. The van der Waals surface area contributed by atoms with Crippen LogP contribution in [0.5, 0.6) is 0 Å². The fraction of sp³-hybridized carbons (Fsp3) is 0.0714. The second kappa shape index (κ2) is 4.89. The molecular formula is C14H12N4O. The minimum atomic E-state index is -0.0509. The third-order valence-corrected chi connectivity index (χ3v) is 2.82. The molecule has 2 N–H and O–H groups in total. The number of nitrogens with zero attached hydrogens (tertiary/aromatic N) is 2. The number of hydrogen-bond acceptors (Lipinski definition) is 3. The summed E-state index contributed by atoms with van der Waals surface area (Å²) in [5.41, 5.74) is 3.49. The molecular weight excluding hydrogens is 240 g/mol. The number of amides is 1. The predicted molar refractivity (Wildman–Crippen MR) is 72.7 cm³/mol. The molecule has 19 heavy (non-hydrogen) atoms. The number of carbonyl (C=O) groups is 1. The van der Waals surface area contributed by atoms with Gasteiger partial charge >= 0.3 is 0 Å². The van der Waals surface area contributed by atoms with Gasteiger partial charge in [-0.15, -0.1) is 0 Å². The van der Waals surface area contributed by atoms with Gasteiger partial charge in [0.05, 0.1) is 23.8 Å². The van der Waals surface area contributed by atoms with E-state index in [1.165, 1.54) is 0 Å². The zero-order valence-corrected chi connectivity index (χ0v) is 10.1. The number of carbonyl (C=O) groups excluding carboxylic acids is 1. The highest BCUT2D eigenvalue weighted by atomic mass is 16.1. The maximum Gasteiger partial charge on any atom is 0.228 e. The van der Waals surface area contributed by atoms with Crippen LogP contribution in [0.1, 0.15) is 5.56 Å². The third-order valence-electron chi connectivity index (χ3n) is 2.82. The average Bonchev–Trinajstić information content (AvgIpc) is 2.87. The minimum absolute atomic E-state index is 0.0509. The summed E-state index contributed by atoms with van der Waals surface area (Å²) >= 11 is 0. The number of anilines is 1. The SMILES string of the molecule is O=C(Cc1ccncc1)Nc1ccc2nc[nH]c2c1. The summed E-state index contributed by atoms with van der Waals surface area (Å²) < 4.78 is 0. The molecule has 5 heteroatoms. The van der Waals surface area contributed by atoms with E-state index in [2.05, 4.69) is 20.3 Å². The van der Waals surface area contributed by atoms with Gasteiger partial charge < -0.3 is 10.3 Å². The van der Waals surface area contributed by atoms with Crippen LogP contribution in [0.25, 0.3) is 11.0 Å². The van der Waals surface area contributed by atoms with E-state index in [1.54, 1.807) is 18.7 Å². The molecule has 0 spiro atoms. The zero-order chi connectivity index (χ0) is 13.1. The molecule has 2 heterocycles. The number of H-pyrrole nitrogens is 1. The van der Waals surface area contributed by atoms with Crippen molar-refractivity contribution in [3.05, 3.63) is 54.6 Å². The zero-order valence-electron chi connectivity index (χ0n) is 10.1. The van der Waals surface area contributed by atoms with Gasteiger partial charge in [0.1, 0.15) is 0 Å². The summed E-state index contributed by atoms with van der Waals surface area (Å²) in [6.45, 7) is 0. The summed E-state index contributed by atoms with van der Waals surface area (Å²) in [5, 5.41) is 2.87. The van der Waals surface area contributed by atoms with Crippen molar-refractivity contribution in [2.24, 2.45) is 0 Å². The fourth-order valence-corrected chi connectivity index (χ4v) is 1.90. The Morgan fingerprint density at radius 2 is 2.05 bits per heavy atom. The van der Waals surface area contributed by atoms with Gasteiger partial charge in [-0.25, -0.2) is 4.98 Å². The minimum Gasteiger partial charge on any atom is -0.345 e. The third kappa shape index (κ3) is 2.60. The average molecular weight is 252 g/mol. The van der Waals surface area contributed by atoms with E-state index in [1.807, 2.05) is 30.3 Å². The Labute approximate surface area is 109 Å². The van der Waals surface area contributed by atoms with Gasteiger partial charge in [0.15, 0.2) is 0 Å². The monoisotopic (exact) mass is 252 g/mol. The van der Waals surface area contributed by atoms with Crippen LogP contribution in [0.3, 0.4) is 0 Å². The number of rotatable bonds is 3. The highest BCUT2D eigenvalue weighted by Gasteiger charge is 2.05. The molecule has 0 unspecified atom stereocenters. The van der Waals surface area contributed by atoms with Crippen LogP contribution in [-0.4, -0.2) is 20.9 Å². The van der Waals surface area contributed by atoms with Crippen LogP contribution >= 0.6 is 0 Å². The Bertz CT molecular complexity index is 706. The molecule has 3 aromatic rings. The van der Waals surface area contributed by atoms with E-state index in [0.29, 0.717) is 6.42 Å². The van der Waals surface area contributed by atoms with Crippen molar-refractivity contribution < 1.29 is 4.79 Å². The van der Waals surface area contributed by atoms with Gasteiger partial charge in [-0.1, -0.05) is 0 Å². The van der Waals surface area contributed by atoms with Crippen molar-refractivity contribution >= 4 is 22.6 Å². The van der Waals surface area contributed by atoms with Crippen LogP contribution < -0.4 is 5.32 Å². The van der Waals surface area contributed by atoms with Crippen molar-refractivity contribution in [1.82, 2.24) is 15.0 Å². The Kier molecular flexibility index (Phi) is 2.94. The van der Waals surface area contributed by atoms with Crippen LogP contribution in [0.2, 0.25) is 0 Å². The lowest BCUT2D eigenvalue weighted by atomic mass is 10.2. The molecule has 0 aliphatic carbocycles. The molecule has 0 saturated carbocycles. The number of fused-ring (bicyclic) bond motifs is 1. The summed E-state index contributed by atoms with van der Waals surface area (Å²) in [5.74, 6) is -0.0509. The topological polar surface area (TPSA) is 70.7 Å². The standard InChI is InChI=1S/C14H12N4O/c19-14(7-10-3-5-15-6-4-10)18-11-1-2-12-13(8-11)17-9-16-12/h1-6,8-9H,7H2,(H,16,17)(H,18,19). The second-order valence-electron chi connectivity index (χ2n) is 4.21. The van der Waals surface area contributed by atoms with E-state index in [-0.39, 0.29) is 5.91 Å². The summed E-state index contributed by atoms with van der Waals surface area (Å²) in [6, 6.07) is 9.24. The number of aromatic nitrogens is 3. The fourth-order valence-electron chi connectivity index (χ4n) is 1.90. The van der Waals surface area contributed by atoms with Gasteiger partial charge in [0.25, 0.3) is 0 Å². The normalized spacial score (nSPS) is 10.5. The predicted octanol–water partition coefficient (Wildman–Crippen LogP) is 2.14. The largest absolute Gasteiger partial charge is 0.345 e. The lowest BCUT2D eigenvalue weighted by Gasteiger charge is -2.05. The molecule has 0 fully saturated rings. The Hall–Kier alpha value is -2.69. The van der Waals surface area contributed by atoms with Crippen molar-refractivity contribution in [2.45, 2.75) is 6.42 Å². The van der Waals surface area contributed by atoms with Crippen LogP contribution in [0.4, 0.5) is 5.69 Å². The van der Waals surface area contributed by atoms with E-state index >= 15 is 0 Å². The first-order valence-electron chi connectivity index (χ1n) is 5.93. The molecule has 0 aliphatic rings. The van der Waals surface area contributed by atoms with Gasteiger partial charge in [0, 0.05) is 18.1 Å². The lowest BCUT2D eigenvalue weighted by molar-refractivity contribution is -0.115. The van der Waals surface area contributed by atoms with Gasteiger partial charge in [-0.2, -0.15) is 0 Å². The maximum absolute atomic E-state index is 11.9. The number of aromatic amines is 1. The number of benzene rings is 1. The van der Waals surface area contributed by atoms with Gasteiger partial charge in [0.2, 0.25) is 5.91 Å². The summed E-state index contributed by atoms with van der Waals surface area (Å²) in [6.07, 6.45) is 5.33. The molecule has 0 aliphatic heterocycles. The Morgan fingerprint density at radius 3 is 2.89 bits per heavy atom. The molecule has 1 amide bonds. The first-order valence-corrected chi connectivity index (χ1v) is 5.93. The van der Waals surface area contributed by atoms with Crippen molar-refractivity contribution in [3.63, 3.8) is 0 Å². The van der Waals surface area contributed by atoms with Crippen LogP contribution in [0, 0.1) is 0 Å². The van der Waals surface area contributed by atoms with Crippen molar-refractivity contribution in [3.8, 4) is 0 Å². The number of imidazole rings is 1. The molecule has 94 valence electrons. The second-order valence-corrected chi connectivity index (χ2v) is 4.21.